The van der Waals surface area contributed by atoms with Crippen LogP contribution in [0.1, 0.15) is 90.7 Å². The zero-order valence-electron chi connectivity index (χ0n) is 20.4. The van der Waals surface area contributed by atoms with Gasteiger partial charge in [0.15, 0.2) is 0 Å². The van der Waals surface area contributed by atoms with Crippen LogP contribution in [0, 0.1) is 16.7 Å². The molecule has 4 nitrogen and oxygen atoms in total. The molecule has 1 aromatic carbocycles. The number of carboxylic acid groups (broad SMARTS) is 1. The summed E-state index contributed by atoms with van der Waals surface area (Å²) in [5.41, 5.74) is 1.60. The summed E-state index contributed by atoms with van der Waals surface area (Å²) in [4.78, 5) is 12.7. The Bertz CT molecular complexity index is 845. The Morgan fingerprint density at radius 3 is 2.19 bits per heavy atom. The number of ether oxygens (including phenoxy) is 2. The van der Waals surface area contributed by atoms with E-state index in [2.05, 4.69) is 52.8 Å². The van der Waals surface area contributed by atoms with Crippen LogP contribution in [0.15, 0.2) is 18.2 Å². The Labute approximate surface area is 216 Å². The van der Waals surface area contributed by atoms with E-state index in [1.165, 1.54) is 31.2 Å². The van der Waals surface area contributed by atoms with E-state index in [0.717, 1.165) is 24.0 Å². The van der Waals surface area contributed by atoms with Crippen LogP contribution in [0.5, 0.6) is 11.5 Å². The Balaban J connectivity index is 0.00000363. The van der Waals surface area contributed by atoms with Gasteiger partial charge in [-0.15, -0.1) is 0 Å². The zero-order valence-corrected chi connectivity index (χ0v) is 20.4. The van der Waals surface area contributed by atoms with Crippen LogP contribution in [-0.4, -0.2) is 54.9 Å². The predicted molar refractivity (Wildman–Crippen MR) is 133 cm³/mol. The van der Waals surface area contributed by atoms with Crippen molar-refractivity contribution in [1.82, 2.24) is 0 Å². The van der Waals surface area contributed by atoms with Gasteiger partial charge in [0.25, 0.3) is 0 Å². The quantitative estimate of drug-likeness (QED) is 0.339. The van der Waals surface area contributed by atoms with Crippen molar-refractivity contribution in [3.63, 3.8) is 0 Å². The van der Waals surface area contributed by atoms with Crippen molar-refractivity contribution in [3.8, 4) is 11.5 Å². The van der Waals surface area contributed by atoms with Gasteiger partial charge in [0.1, 0.15) is 11.5 Å². The molecule has 2 atom stereocenters. The molecule has 0 aliphatic heterocycles. The summed E-state index contributed by atoms with van der Waals surface area (Å²) in [6.07, 6.45) is 9.77. The number of unbranched alkanes of at least 4 members (excludes halogenated alkanes) is 3. The van der Waals surface area contributed by atoms with Gasteiger partial charge >= 0.3 is 35.5 Å². The molecule has 174 valence electrons. The summed E-state index contributed by atoms with van der Waals surface area (Å²) < 4.78 is 11.7. The molecule has 1 N–H and O–H groups in total. The molecule has 1 fully saturated rings. The summed E-state index contributed by atoms with van der Waals surface area (Å²) in [7, 11) is 3.34. The van der Waals surface area contributed by atoms with Crippen molar-refractivity contribution >= 4 is 41.1 Å². The number of hydrogen-bond acceptors (Lipinski definition) is 3. The molecule has 2 bridgehead atoms. The van der Waals surface area contributed by atoms with E-state index in [1.54, 1.807) is 14.2 Å². The fourth-order valence-electron chi connectivity index (χ4n) is 5.99. The van der Waals surface area contributed by atoms with Gasteiger partial charge < -0.3 is 14.6 Å². The predicted octanol–water partition coefficient (Wildman–Crippen LogP) is 6.21. The number of carboxylic acids is 1. The molecule has 2 aliphatic rings. The molecule has 0 unspecified atom stereocenters. The average Bonchev–Trinajstić information content (AvgIpc) is 3.13. The first-order valence-corrected chi connectivity index (χ1v) is 11.8. The Morgan fingerprint density at radius 1 is 1.12 bits per heavy atom. The number of hydrogen-bond donors (Lipinski definition) is 1. The number of allylic oxidation sites excluding steroid dienone is 1. The van der Waals surface area contributed by atoms with Gasteiger partial charge in [-0.05, 0) is 59.3 Å². The van der Waals surface area contributed by atoms with Gasteiger partial charge in [0.2, 0.25) is 0 Å². The maximum atomic E-state index is 12.7. The van der Waals surface area contributed by atoms with E-state index in [4.69, 9.17) is 9.47 Å². The molecule has 32 heavy (non-hydrogen) atoms. The van der Waals surface area contributed by atoms with Crippen molar-refractivity contribution in [2.45, 2.75) is 85.0 Å². The SMILES string of the molecule is CCCCCCC(C)(C)c1cc(OC)c(C2=C[C@H]3CC[C@]2(C(=O)O)C3(C)C)c(OC)c1.[NaH]. The maximum absolute atomic E-state index is 12.7. The first-order valence-electron chi connectivity index (χ1n) is 11.8. The molecule has 1 saturated carbocycles. The summed E-state index contributed by atoms with van der Waals surface area (Å²) in [5, 5.41) is 10.4. The molecule has 0 spiro atoms. The Morgan fingerprint density at radius 2 is 1.72 bits per heavy atom. The monoisotopic (exact) mass is 452 g/mol. The van der Waals surface area contributed by atoms with Crippen LogP contribution < -0.4 is 9.47 Å². The molecule has 0 saturated heterocycles. The van der Waals surface area contributed by atoms with Gasteiger partial charge in [0, 0.05) is 0 Å². The molecular weight excluding hydrogens is 411 g/mol. The molecular formula is C27H41NaO4. The zero-order chi connectivity index (χ0) is 23.0. The van der Waals surface area contributed by atoms with Crippen LogP contribution in [0.4, 0.5) is 0 Å². The van der Waals surface area contributed by atoms with Crippen molar-refractivity contribution in [2.24, 2.45) is 16.7 Å². The van der Waals surface area contributed by atoms with Gasteiger partial charge in [-0.25, -0.2) is 0 Å². The molecule has 0 heterocycles. The summed E-state index contributed by atoms with van der Waals surface area (Å²) >= 11 is 0. The second kappa shape index (κ2) is 10.1. The molecule has 0 aromatic heterocycles. The number of fused-ring (bicyclic) bond motifs is 2. The fraction of sp³-hybridized carbons (Fsp3) is 0.667. The van der Waals surface area contributed by atoms with Gasteiger partial charge in [-0.1, -0.05) is 66.4 Å². The Kier molecular flexibility index (Phi) is 8.62. The molecule has 0 radical (unpaired) electrons. The van der Waals surface area contributed by atoms with Crippen molar-refractivity contribution < 1.29 is 19.4 Å². The standard InChI is InChI=1S/C27H40O4.Na.H/c1-8-9-10-11-13-25(2,3)19-16-21(30-6)23(22(17-19)31-7)20-15-18-12-14-27(20,24(28)29)26(18,4)5;;/h15-18H,8-14H2,1-7H3,(H,28,29);;/t18-,27+;;/m1../s1. The third-order valence-corrected chi connectivity index (χ3v) is 8.26. The minimum atomic E-state index is -0.907. The number of methoxy groups -OCH3 is 2. The second-order valence-electron chi connectivity index (χ2n) is 10.6. The van der Waals surface area contributed by atoms with Crippen molar-refractivity contribution in [1.29, 1.82) is 0 Å². The molecule has 0 amide bonds. The number of benzene rings is 1. The van der Waals surface area contributed by atoms with Crippen LogP contribution in [-0.2, 0) is 10.2 Å². The molecule has 2 aliphatic carbocycles. The van der Waals surface area contributed by atoms with E-state index >= 15 is 0 Å². The van der Waals surface area contributed by atoms with E-state index in [1.807, 2.05) is 0 Å². The van der Waals surface area contributed by atoms with E-state index in [0.29, 0.717) is 17.9 Å². The van der Waals surface area contributed by atoms with Crippen LogP contribution in [0.25, 0.3) is 5.57 Å². The number of rotatable bonds is 10. The number of aliphatic carboxylic acids is 1. The Hall–Kier alpha value is -0.970. The fourth-order valence-corrected chi connectivity index (χ4v) is 5.99. The summed E-state index contributed by atoms with van der Waals surface area (Å²) in [6.45, 7) is 11.0. The van der Waals surface area contributed by atoms with E-state index in [9.17, 15) is 9.90 Å². The summed E-state index contributed by atoms with van der Waals surface area (Å²) in [6, 6.07) is 4.21. The topological polar surface area (TPSA) is 55.8 Å². The van der Waals surface area contributed by atoms with Crippen LogP contribution in [0.2, 0.25) is 0 Å². The van der Waals surface area contributed by atoms with Gasteiger partial charge in [0.05, 0.1) is 25.2 Å². The van der Waals surface area contributed by atoms with E-state index < -0.39 is 11.4 Å². The summed E-state index contributed by atoms with van der Waals surface area (Å²) in [5.74, 6) is 0.938. The molecule has 5 heteroatoms. The molecule has 1 aromatic rings. The molecule has 3 rings (SSSR count). The normalized spacial score (nSPS) is 23.5. The first kappa shape index (κ1) is 27.3. The van der Waals surface area contributed by atoms with Crippen molar-refractivity contribution in [2.75, 3.05) is 14.2 Å². The third kappa shape index (κ3) is 4.28. The number of carbonyl (C=O) groups is 1. The first-order chi connectivity index (χ1) is 14.6. The average molecular weight is 453 g/mol. The second-order valence-corrected chi connectivity index (χ2v) is 10.6. The van der Waals surface area contributed by atoms with E-state index in [-0.39, 0.29) is 46.3 Å². The van der Waals surface area contributed by atoms with Gasteiger partial charge in [-0.3, -0.25) is 4.79 Å². The minimum absolute atomic E-state index is 0. The third-order valence-electron chi connectivity index (χ3n) is 8.26. The van der Waals surface area contributed by atoms with Crippen LogP contribution in [0.3, 0.4) is 0 Å². The van der Waals surface area contributed by atoms with Crippen LogP contribution >= 0.6 is 0 Å². The van der Waals surface area contributed by atoms with Gasteiger partial charge in [-0.2, -0.15) is 0 Å². The van der Waals surface area contributed by atoms with Crippen molar-refractivity contribution in [3.05, 3.63) is 29.3 Å².